The van der Waals surface area contributed by atoms with Gasteiger partial charge in [-0.25, -0.2) is 4.98 Å². The highest BCUT2D eigenvalue weighted by Crippen LogP contribution is 2.20. The summed E-state index contributed by atoms with van der Waals surface area (Å²) < 4.78 is 0. The van der Waals surface area contributed by atoms with Crippen molar-refractivity contribution in [1.82, 2.24) is 15.0 Å². The lowest BCUT2D eigenvalue weighted by molar-refractivity contribution is 0.874. The van der Waals surface area contributed by atoms with E-state index < -0.39 is 0 Å². The minimum Gasteiger partial charge on any atom is -0.346 e. The predicted molar refractivity (Wildman–Crippen MR) is 55.5 cm³/mol. The number of hydrogen-bond acceptors (Lipinski definition) is 2. The zero-order valence-corrected chi connectivity index (χ0v) is 8.51. The van der Waals surface area contributed by atoms with Crippen molar-refractivity contribution in [3.05, 3.63) is 27.9 Å². The fraction of sp³-hybridized carbons (Fsp3) is 0.400. The lowest BCUT2D eigenvalue weighted by atomic mass is 10.0. The van der Waals surface area contributed by atoms with E-state index >= 15 is 0 Å². The fourth-order valence-corrected chi connectivity index (χ4v) is 1.63. The van der Waals surface area contributed by atoms with Crippen LogP contribution in [0.2, 0.25) is 0 Å². The van der Waals surface area contributed by atoms with E-state index in [1.807, 2.05) is 6.20 Å². The number of nitrogens with one attached hydrogen (secondary N) is 2. The third-order valence-electron chi connectivity index (χ3n) is 2.31. The molecule has 0 aliphatic heterocycles. The van der Waals surface area contributed by atoms with Gasteiger partial charge in [-0.15, -0.1) is 0 Å². The Hall–Kier alpha value is -1.58. The summed E-state index contributed by atoms with van der Waals surface area (Å²) in [5, 5.41) is 0.686. The third kappa shape index (κ3) is 1.23. The van der Waals surface area contributed by atoms with Crippen LogP contribution in [0.15, 0.2) is 11.0 Å². The zero-order valence-electron chi connectivity index (χ0n) is 8.51. The summed E-state index contributed by atoms with van der Waals surface area (Å²) in [5.41, 5.74) is 1.64. The van der Waals surface area contributed by atoms with Crippen molar-refractivity contribution < 1.29 is 0 Å². The maximum Gasteiger partial charge on any atom is 0.260 e. The number of rotatable bonds is 1. The van der Waals surface area contributed by atoms with Crippen LogP contribution in [0.3, 0.4) is 0 Å². The SMILES string of the molecule is Cc1nc2[nH]cc(C(C)C)c2c(=O)[nH]1. The van der Waals surface area contributed by atoms with Gasteiger partial charge in [-0.05, 0) is 18.4 Å². The van der Waals surface area contributed by atoms with Crippen LogP contribution >= 0.6 is 0 Å². The molecule has 0 aromatic carbocycles. The Labute approximate surface area is 81.4 Å². The van der Waals surface area contributed by atoms with Crippen LogP contribution in [0.4, 0.5) is 0 Å². The number of aromatic nitrogens is 3. The summed E-state index contributed by atoms with van der Waals surface area (Å²) in [6, 6.07) is 0. The highest BCUT2D eigenvalue weighted by atomic mass is 16.1. The van der Waals surface area contributed by atoms with Gasteiger partial charge >= 0.3 is 0 Å². The molecular weight excluding hydrogens is 178 g/mol. The van der Waals surface area contributed by atoms with Gasteiger partial charge in [0, 0.05) is 6.20 Å². The molecule has 2 N–H and O–H groups in total. The van der Waals surface area contributed by atoms with E-state index in [1.54, 1.807) is 6.92 Å². The van der Waals surface area contributed by atoms with Crippen LogP contribution < -0.4 is 5.56 Å². The van der Waals surface area contributed by atoms with Crippen LogP contribution in [-0.2, 0) is 0 Å². The molecule has 0 aliphatic rings. The van der Waals surface area contributed by atoms with Crippen molar-refractivity contribution in [2.45, 2.75) is 26.7 Å². The number of aryl methyl sites for hydroxylation is 1. The van der Waals surface area contributed by atoms with Gasteiger partial charge in [0.2, 0.25) is 0 Å². The smallest absolute Gasteiger partial charge is 0.260 e. The quantitative estimate of drug-likeness (QED) is 0.720. The van der Waals surface area contributed by atoms with Crippen LogP contribution in [0.5, 0.6) is 0 Å². The molecule has 0 bridgehead atoms. The number of nitrogens with zero attached hydrogens (tertiary/aromatic N) is 1. The van der Waals surface area contributed by atoms with Gasteiger partial charge in [0.1, 0.15) is 11.5 Å². The minimum atomic E-state index is -0.0579. The number of fused-ring (bicyclic) bond motifs is 1. The Balaban J connectivity index is 2.86. The Morgan fingerprint density at radius 1 is 1.43 bits per heavy atom. The number of hydrogen-bond donors (Lipinski definition) is 2. The molecule has 2 heterocycles. The van der Waals surface area contributed by atoms with E-state index in [-0.39, 0.29) is 5.56 Å². The monoisotopic (exact) mass is 191 g/mol. The average molecular weight is 191 g/mol. The second-order valence-corrected chi connectivity index (χ2v) is 3.77. The first-order chi connectivity index (χ1) is 6.59. The molecule has 0 saturated carbocycles. The molecule has 0 fully saturated rings. The van der Waals surface area contributed by atoms with E-state index in [1.165, 1.54) is 0 Å². The minimum absolute atomic E-state index is 0.0579. The molecule has 0 radical (unpaired) electrons. The molecular formula is C10H13N3O. The summed E-state index contributed by atoms with van der Waals surface area (Å²) in [6.07, 6.45) is 1.86. The molecule has 2 aromatic heterocycles. The fourth-order valence-electron chi connectivity index (χ4n) is 1.63. The largest absolute Gasteiger partial charge is 0.346 e. The third-order valence-corrected chi connectivity index (χ3v) is 2.31. The van der Waals surface area contributed by atoms with Gasteiger partial charge in [0.05, 0.1) is 5.39 Å². The van der Waals surface area contributed by atoms with Crippen molar-refractivity contribution >= 4 is 11.0 Å². The molecule has 2 rings (SSSR count). The Kier molecular flexibility index (Phi) is 1.91. The summed E-state index contributed by atoms with van der Waals surface area (Å²) in [6.45, 7) is 5.89. The van der Waals surface area contributed by atoms with Crippen molar-refractivity contribution in [3.63, 3.8) is 0 Å². The van der Waals surface area contributed by atoms with Crippen molar-refractivity contribution in [3.8, 4) is 0 Å². The first kappa shape index (κ1) is 8.99. The maximum absolute atomic E-state index is 11.7. The van der Waals surface area contributed by atoms with Gasteiger partial charge < -0.3 is 9.97 Å². The van der Waals surface area contributed by atoms with Crippen LogP contribution in [-0.4, -0.2) is 15.0 Å². The van der Waals surface area contributed by atoms with Gasteiger partial charge in [0.15, 0.2) is 0 Å². The molecule has 0 atom stereocenters. The van der Waals surface area contributed by atoms with E-state index in [0.717, 1.165) is 5.56 Å². The molecule has 4 nitrogen and oxygen atoms in total. The van der Waals surface area contributed by atoms with Gasteiger partial charge in [-0.3, -0.25) is 4.79 Å². The van der Waals surface area contributed by atoms with Crippen LogP contribution in [0.25, 0.3) is 11.0 Å². The van der Waals surface area contributed by atoms with Crippen molar-refractivity contribution in [2.75, 3.05) is 0 Å². The average Bonchev–Trinajstić information content (AvgIpc) is 2.47. The molecule has 14 heavy (non-hydrogen) atoms. The normalized spacial score (nSPS) is 11.4. The summed E-state index contributed by atoms with van der Waals surface area (Å²) in [4.78, 5) is 21.6. The topological polar surface area (TPSA) is 61.5 Å². The standard InChI is InChI=1S/C10H13N3O/c1-5(2)7-4-11-9-8(7)10(14)13-6(3)12-9/h4-5H,1-3H3,(H2,11,12,13,14). The summed E-state index contributed by atoms with van der Waals surface area (Å²) in [5.74, 6) is 0.967. The molecule has 4 heteroatoms. The number of H-pyrrole nitrogens is 2. The molecule has 0 saturated heterocycles. The van der Waals surface area contributed by atoms with E-state index in [9.17, 15) is 4.79 Å². The van der Waals surface area contributed by atoms with E-state index in [0.29, 0.717) is 22.8 Å². The lowest BCUT2D eigenvalue weighted by Gasteiger charge is -2.00. The first-order valence-corrected chi connectivity index (χ1v) is 4.67. The molecule has 74 valence electrons. The maximum atomic E-state index is 11.7. The van der Waals surface area contributed by atoms with Gasteiger partial charge in [-0.2, -0.15) is 0 Å². The first-order valence-electron chi connectivity index (χ1n) is 4.67. The zero-order chi connectivity index (χ0) is 10.3. The Bertz CT molecular complexity index is 522. The molecule has 2 aromatic rings. The van der Waals surface area contributed by atoms with Crippen molar-refractivity contribution in [2.24, 2.45) is 0 Å². The Morgan fingerprint density at radius 3 is 2.79 bits per heavy atom. The molecule has 0 aliphatic carbocycles. The summed E-state index contributed by atoms with van der Waals surface area (Å²) >= 11 is 0. The van der Waals surface area contributed by atoms with Gasteiger partial charge in [0.25, 0.3) is 5.56 Å². The number of aromatic amines is 2. The lowest BCUT2D eigenvalue weighted by Crippen LogP contribution is -2.10. The van der Waals surface area contributed by atoms with Gasteiger partial charge in [-0.1, -0.05) is 13.8 Å². The van der Waals surface area contributed by atoms with E-state index in [2.05, 4.69) is 28.8 Å². The molecule has 0 unspecified atom stereocenters. The molecule has 0 spiro atoms. The highest BCUT2D eigenvalue weighted by Gasteiger charge is 2.11. The second kappa shape index (κ2) is 2.97. The van der Waals surface area contributed by atoms with Crippen LogP contribution in [0, 0.1) is 6.92 Å². The summed E-state index contributed by atoms with van der Waals surface area (Å²) in [7, 11) is 0. The predicted octanol–water partition coefficient (Wildman–Crippen LogP) is 1.68. The van der Waals surface area contributed by atoms with Crippen LogP contribution in [0.1, 0.15) is 31.2 Å². The Morgan fingerprint density at radius 2 is 2.14 bits per heavy atom. The van der Waals surface area contributed by atoms with E-state index in [4.69, 9.17) is 0 Å². The second-order valence-electron chi connectivity index (χ2n) is 3.77. The van der Waals surface area contributed by atoms with Crippen molar-refractivity contribution in [1.29, 1.82) is 0 Å². The highest BCUT2D eigenvalue weighted by molar-refractivity contribution is 5.79. The molecule has 0 amide bonds.